The Morgan fingerprint density at radius 3 is 2.11 bits per heavy atom. The third kappa shape index (κ3) is 1.27. The van der Waals surface area contributed by atoms with Gasteiger partial charge in [0, 0.05) is 16.7 Å². The molecule has 0 N–H and O–H groups in total. The maximum Gasteiger partial charge on any atom is 0.197 e. The minimum atomic E-state index is -0.597. The quantitative estimate of drug-likeness (QED) is 0.605. The summed E-state index contributed by atoms with van der Waals surface area (Å²) < 4.78 is 14.0. The lowest BCUT2D eigenvalue weighted by atomic mass is 9.83. The lowest BCUT2D eigenvalue weighted by molar-refractivity contribution is 0.0975. The Labute approximate surface area is 103 Å². The van der Waals surface area contributed by atoms with Gasteiger partial charge < -0.3 is 0 Å². The predicted molar refractivity (Wildman–Crippen MR) is 64.4 cm³/mol. The number of benzene rings is 2. The van der Waals surface area contributed by atoms with E-state index < -0.39 is 11.6 Å². The van der Waals surface area contributed by atoms with Gasteiger partial charge in [-0.15, -0.1) is 0 Å². The van der Waals surface area contributed by atoms with E-state index in [2.05, 4.69) is 0 Å². The van der Waals surface area contributed by atoms with E-state index in [1.165, 1.54) is 12.1 Å². The van der Waals surface area contributed by atoms with Gasteiger partial charge >= 0.3 is 0 Å². The van der Waals surface area contributed by atoms with Gasteiger partial charge in [-0.05, 0) is 18.6 Å². The molecule has 88 valence electrons. The minimum Gasteiger partial charge on any atom is -0.289 e. The Morgan fingerprint density at radius 2 is 1.44 bits per heavy atom. The number of rotatable bonds is 0. The van der Waals surface area contributed by atoms with Crippen LogP contribution in [0, 0.1) is 12.7 Å². The van der Waals surface area contributed by atoms with E-state index in [0.29, 0.717) is 11.1 Å². The molecule has 2 nitrogen and oxygen atoms in total. The van der Waals surface area contributed by atoms with Gasteiger partial charge in [-0.25, -0.2) is 4.39 Å². The molecule has 0 bridgehead atoms. The number of aryl methyl sites for hydroxylation is 1. The Balaban J connectivity index is 2.38. The molecule has 3 heteroatoms. The highest BCUT2D eigenvalue weighted by atomic mass is 19.1. The molecule has 0 aromatic heterocycles. The number of carbonyl (C=O) groups excluding carboxylic acids is 2. The summed E-state index contributed by atoms with van der Waals surface area (Å²) in [7, 11) is 0. The molecule has 0 spiro atoms. The summed E-state index contributed by atoms with van der Waals surface area (Å²) in [6, 6.07) is 9.55. The molecule has 0 amide bonds. The molecule has 0 radical (unpaired) electrons. The average molecular weight is 240 g/mol. The van der Waals surface area contributed by atoms with Crippen molar-refractivity contribution in [2.75, 3.05) is 0 Å². The van der Waals surface area contributed by atoms with E-state index in [1.807, 2.05) is 0 Å². The van der Waals surface area contributed by atoms with Crippen LogP contribution < -0.4 is 0 Å². The summed E-state index contributed by atoms with van der Waals surface area (Å²) in [5.74, 6) is -1.30. The monoisotopic (exact) mass is 240 g/mol. The fraction of sp³-hybridized carbons (Fsp3) is 0.0667. The van der Waals surface area contributed by atoms with Gasteiger partial charge in [-0.1, -0.05) is 30.3 Å². The van der Waals surface area contributed by atoms with Crippen molar-refractivity contribution in [3.05, 3.63) is 70.0 Å². The number of hydrogen-bond acceptors (Lipinski definition) is 2. The Kier molecular flexibility index (Phi) is 2.17. The first-order valence-electron chi connectivity index (χ1n) is 5.59. The topological polar surface area (TPSA) is 34.1 Å². The van der Waals surface area contributed by atoms with E-state index in [4.69, 9.17) is 0 Å². The van der Waals surface area contributed by atoms with Crippen LogP contribution in [0.4, 0.5) is 4.39 Å². The minimum absolute atomic E-state index is 0.0984. The zero-order chi connectivity index (χ0) is 12.9. The molecule has 3 rings (SSSR count). The molecule has 0 saturated carbocycles. The van der Waals surface area contributed by atoms with Crippen LogP contribution in [0.3, 0.4) is 0 Å². The Morgan fingerprint density at radius 1 is 0.833 bits per heavy atom. The summed E-state index contributed by atoms with van der Waals surface area (Å²) in [6.45, 7) is 1.58. The summed E-state index contributed by atoms with van der Waals surface area (Å²) in [4.78, 5) is 24.4. The van der Waals surface area contributed by atoms with Gasteiger partial charge in [0.25, 0.3) is 0 Å². The van der Waals surface area contributed by atoms with Crippen LogP contribution in [-0.4, -0.2) is 11.6 Å². The van der Waals surface area contributed by atoms with E-state index >= 15 is 0 Å². The molecular weight excluding hydrogens is 231 g/mol. The van der Waals surface area contributed by atoms with Gasteiger partial charge in [0.1, 0.15) is 5.82 Å². The highest BCUT2D eigenvalue weighted by molar-refractivity contribution is 6.28. The highest BCUT2D eigenvalue weighted by Gasteiger charge is 2.32. The summed E-state index contributed by atoms with van der Waals surface area (Å²) >= 11 is 0. The van der Waals surface area contributed by atoms with Gasteiger partial charge in [0.15, 0.2) is 11.6 Å². The summed E-state index contributed by atoms with van der Waals surface area (Å²) in [5.41, 5.74) is 1.05. The predicted octanol–water partition coefficient (Wildman–Crippen LogP) is 2.91. The Bertz CT molecular complexity index is 702. The first-order chi connectivity index (χ1) is 8.61. The fourth-order valence-corrected chi connectivity index (χ4v) is 2.25. The molecule has 1 aliphatic rings. The highest BCUT2D eigenvalue weighted by Crippen LogP contribution is 2.29. The van der Waals surface area contributed by atoms with E-state index in [1.54, 1.807) is 31.2 Å². The van der Waals surface area contributed by atoms with Gasteiger partial charge in [-0.2, -0.15) is 0 Å². The number of hydrogen-bond donors (Lipinski definition) is 0. The largest absolute Gasteiger partial charge is 0.289 e. The fourth-order valence-electron chi connectivity index (χ4n) is 2.25. The second-order valence-electron chi connectivity index (χ2n) is 4.32. The van der Waals surface area contributed by atoms with Crippen LogP contribution in [0.15, 0.2) is 36.4 Å². The van der Waals surface area contributed by atoms with Crippen molar-refractivity contribution in [2.24, 2.45) is 0 Å². The third-order valence-corrected chi connectivity index (χ3v) is 3.22. The van der Waals surface area contributed by atoms with Gasteiger partial charge in [0.05, 0.1) is 5.56 Å². The third-order valence-electron chi connectivity index (χ3n) is 3.22. The standard InChI is InChI=1S/C15H9FO2/c1-8-6-7-11-12(13(8)16)15(18)10-5-3-2-4-9(10)14(11)17/h2-7H,1H3. The van der Waals surface area contributed by atoms with Crippen LogP contribution >= 0.6 is 0 Å². The first kappa shape index (κ1) is 10.8. The lowest BCUT2D eigenvalue weighted by Crippen LogP contribution is -2.22. The normalized spacial score (nSPS) is 13.2. The molecule has 0 fully saturated rings. The van der Waals surface area contributed by atoms with Crippen molar-refractivity contribution in [1.82, 2.24) is 0 Å². The van der Waals surface area contributed by atoms with Crippen LogP contribution in [0.1, 0.15) is 37.4 Å². The van der Waals surface area contributed by atoms with Crippen LogP contribution in [0.2, 0.25) is 0 Å². The zero-order valence-corrected chi connectivity index (χ0v) is 9.66. The average Bonchev–Trinajstić information content (AvgIpc) is 2.39. The maximum absolute atomic E-state index is 14.0. The van der Waals surface area contributed by atoms with Crippen LogP contribution in [0.25, 0.3) is 0 Å². The molecule has 0 aliphatic heterocycles. The maximum atomic E-state index is 14.0. The van der Waals surface area contributed by atoms with Crippen molar-refractivity contribution in [1.29, 1.82) is 0 Å². The lowest BCUT2D eigenvalue weighted by Gasteiger charge is -2.18. The second-order valence-corrected chi connectivity index (χ2v) is 4.32. The van der Waals surface area contributed by atoms with Crippen molar-refractivity contribution in [3.8, 4) is 0 Å². The molecule has 2 aromatic rings. The van der Waals surface area contributed by atoms with Crippen molar-refractivity contribution in [3.63, 3.8) is 0 Å². The van der Waals surface area contributed by atoms with Crippen LogP contribution in [0.5, 0.6) is 0 Å². The van der Waals surface area contributed by atoms with Crippen molar-refractivity contribution < 1.29 is 14.0 Å². The van der Waals surface area contributed by atoms with Crippen LogP contribution in [-0.2, 0) is 0 Å². The summed E-state index contributed by atoms with van der Waals surface area (Å²) in [6.07, 6.45) is 0. The zero-order valence-electron chi connectivity index (χ0n) is 9.66. The molecule has 0 saturated heterocycles. The van der Waals surface area contributed by atoms with E-state index in [-0.39, 0.29) is 22.5 Å². The van der Waals surface area contributed by atoms with E-state index in [0.717, 1.165) is 0 Å². The smallest absolute Gasteiger partial charge is 0.197 e. The number of ketones is 2. The molecule has 0 heterocycles. The molecule has 0 atom stereocenters. The first-order valence-corrected chi connectivity index (χ1v) is 5.59. The number of halogens is 1. The summed E-state index contributed by atoms with van der Waals surface area (Å²) in [5, 5.41) is 0. The molecule has 2 aromatic carbocycles. The number of carbonyl (C=O) groups is 2. The second kappa shape index (κ2) is 3.60. The molecular formula is C15H9FO2. The van der Waals surface area contributed by atoms with Gasteiger partial charge in [-0.3, -0.25) is 9.59 Å². The molecule has 0 unspecified atom stereocenters. The van der Waals surface area contributed by atoms with Crippen molar-refractivity contribution in [2.45, 2.75) is 6.92 Å². The van der Waals surface area contributed by atoms with E-state index in [9.17, 15) is 14.0 Å². The van der Waals surface area contributed by atoms with Crippen molar-refractivity contribution >= 4 is 11.6 Å². The van der Waals surface area contributed by atoms with Gasteiger partial charge in [0.2, 0.25) is 0 Å². The number of fused-ring (bicyclic) bond motifs is 2. The SMILES string of the molecule is Cc1ccc2c(c1F)C(=O)c1ccccc1C2=O. The molecule has 1 aliphatic carbocycles. The Hall–Kier alpha value is -2.29. The molecule has 18 heavy (non-hydrogen) atoms.